The van der Waals surface area contributed by atoms with Gasteiger partial charge in [-0.15, -0.1) is 11.8 Å². The molecule has 9 nitrogen and oxygen atoms in total. The van der Waals surface area contributed by atoms with Crippen molar-refractivity contribution >= 4 is 29.8 Å². The molecule has 0 spiro atoms. The van der Waals surface area contributed by atoms with Gasteiger partial charge >= 0.3 is 18.0 Å². The normalized spacial score (nSPS) is 23.8. The number of piperidine rings is 3. The van der Waals surface area contributed by atoms with E-state index in [1.165, 1.54) is 11.8 Å². The fourth-order valence-electron chi connectivity index (χ4n) is 6.19. The van der Waals surface area contributed by atoms with E-state index in [9.17, 15) is 19.5 Å². The highest BCUT2D eigenvalue weighted by Crippen LogP contribution is 2.31. The molecule has 4 fully saturated rings. The largest absolute Gasteiger partial charge is 0.479 e. The van der Waals surface area contributed by atoms with E-state index in [1.807, 2.05) is 47.4 Å². The lowest BCUT2D eigenvalue weighted by molar-refractivity contribution is -0.139. The Morgan fingerprint density at radius 2 is 1.70 bits per heavy atom. The summed E-state index contributed by atoms with van der Waals surface area (Å²) in [6, 6.07) is 23.4. The van der Waals surface area contributed by atoms with E-state index < -0.39 is 29.4 Å². The second-order valence-electron chi connectivity index (χ2n) is 11.3. The molecule has 1 amide bonds. The SMILES string of the molecule is O=C(NC(c1ccccc1)c1cccc(OC(=O)c2cccc(CN3CCS[C@H]3C(=O)O)c2)c1)O[C@H]1CN2CCC1CC2. The van der Waals surface area contributed by atoms with Gasteiger partial charge in [0.1, 0.15) is 11.9 Å². The number of carboxylic acid groups (broad SMARTS) is 1. The summed E-state index contributed by atoms with van der Waals surface area (Å²) in [7, 11) is 0. The number of rotatable bonds is 9. The predicted octanol–water partition coefficient (Wildman–Crippen LogP) is 4.78. The molecule has 4 saturated heterocycles. The molecule has 0 saturated carbocycles. The van der Waals surface area contributed by atoms with Crippen molar-refractivity contribution in [2.75, 3.05) is 31.9 Å². The van der Waals surface area contributed by atoms with E-state index in [4.69, 9.17) is 9.47 Å². The van der Waals surface area contributed by atoms with Crippen LogP contribution in [0.5, 0.6) is 5.75 Å². The third-order valence-electron chi connectivity index (χ3n) is 8.40. The summed E-state index contributed by atoms with van der Waals surface area (Å²) in [5.41, 5.74) is 2.85. The van der Waals surface area contributed by atoms with Crippen LogP contribution in [-0.4, -0.2) is 76.3 Å². The number of esters is 1. The van der Waals surface area contributed by atoms with Crippen LogP contribution in [0, 0.1) is 5.92 Å². The van der Waals surface area contributed by atoms with Crippen molar-refractivity contribution in [3.8, 4) is 5.75 Å². The second-order valence-corrected chi connectivity index (χ2v) is 12.5. The first-order chi connectivity index (χ1) is 20.9. The van der Waals surface area contributed by atoms with E-state index in [0.717, 1.165) is 54.9 Å². The van der Waals surface area contributed by atoms with E-state index in [1.54, 1.807) is 36.4 Å². The van der Waals surface area contributed by atoms with Gasteiger partial charge in [0.2, 0.25) is 0 Å². The lowest BCUT2D eigenvalue weighted by Crippen LogP contribution is -2.52. The van der Waals surface area contributed by atoms with Crippen LogP contribution in [0.3, 0.4) is 0 Å². The predicted molar refractivity (Wildman–Crippen MR) is 163 cm³/mol. The Morgan fingerprint density at radius 1 is 0.930 bits per heavy atom. The Hall–Kier alpha value is -3.86. The molecule has 3 aromatic rings. The monoisotopic (exact) mass is 601 g/mol. The van der Waals surface area contributed by atoms with Gasteiger partial charge < -0.3 is 19.9 Å². The molecule has 4 aliphatic rings. The van der Waals surface area contributed by atoms with Gasteiger partial charge in [0, 0.05) is 25.4 Å². The number of nitrogens with zero attached hydrogens (tertiary/aromatic N) is 2. The maximum Gasteiger partial charge on any atom is 0.408 e. The summed E-state index contributed by atoms with van der Waals surface area (Å²) in [4.78, 5) is 42.1. The fourth-order valence-corrected chi connectivity index (χ4v) is 7.28. The lowest BCUT2D eigenvalue weighted by atomic mass is 9.86. The molecule has 10 heteroatoms. The molecule has 4 aliphatic heterocycles. The maximum absolute atomic E-state index is 13.2. The number of hydrogen-bond donors (Lipinski definition) is 2. The first-order valence-corrected chi connectivity index (χ1v) is 15.7. The van der Waals surface area contributed by atoms with E-state index in [-0.39, 0.29) is 6.10 Å². The Bertz CT molecular complexity index is 1460. The van der Waals surface area contributed by atoms with Crippen molar-refractivity contribution in [1.29, 1.82) is 0 Å². The summed E-state index contributed by atoms with van der Waals surface area (Å²) in [6.45, 7) is 4.01. The molecule has 2 N–H and O–H groups in total. The van der Waals surface area contributed by atoms with Crippen LogP contribution in [0.4, 0.5) is 4.79 Å². The van der Waals surface area contributed by atoms with E-state index in [0.29, 0.717) is 30.3 Å². The van der Waals surface area contributed by atoms with Gasteiger partial charge in [-0.2, -0.15) is 0 Å². The minimum Gasteiger partial charge on any atom is -0.479 e. The molecule has 0 aromatic heterocycles. The first-order valence-electron chi connectivity index (χ1n) is 14.7. The number of hydrogen-bond acceptors (Lipinski definition) is 8. The minimum absolute atomic E-state index is 0.110. The Balaban J connectivity index is 1.15. The third kappa shape index (κ3) is 7.04. The highest BCUT2D eigenvalue weighted by atomic mass is 32.2. The van der Waals surface area contributed by atoms with Crippen LogP contribution in [0.2, 0.25) is 0 Å². The summed E-state index contributed by atoms with van der Waals surface area (Å²) in [6.07, 6.45) is 1.53. The molecule has 3 aromatic carbocycles. The van der Waals surface area contributed by atoms with Gasteiger partial charge in [0.05, 0.1) is 11.6 Å². The Kier molecular flexibility index (Phi) is 8.97. The van der Waals surface area contributed by atoms with Crippen molar-refractivity contribution < 1.29 is 29.0 Å². The summed E-state index contributed by atoms with van der Waals surface area (Å²) < 4.78 is 11.7. The summed E-state index contributed by atoms with van der Waals surface area (Å²) >= 11 is 1.41. The average Bonchev–Trinajstić information content (AvgIpc) is 3.50. The van der Waals surface area contributed by atoms with Crippen molar-refractivity contribution in [3.63, 3.8) is 0 Å². The number of ether oxygens (including phenoxy) is 2. The van der Waals surface area contributed by atoms with E-state index >= 15 is 0 Å². The van der Waals surface area contributed by atoms with Crippen LogP contribution >= 0.6 is 11.8 Å². The molecule has 7 rings (SSSR count). The summed E-state index contributed by atoms with van der Waals surface area (Å²) in [5.74, 6) is 0.137. The number of benzene rings is 3. The van der Waals surface area contributed by atoms with E-state index in [2.05, 4.69) is 10.2 Å². The number of nitrogens with one attached hydrogen (secondary N) is 1. The first kappa shape index (κ1) is 29.2. The van der Waals surface area contributed by atoms with Gasteiger partial charge in [-0.1, -0.05) is 54.6 Å². The number of aliphatic carboxylic acids is 1. The molecule has 0 aliphatic carbocycles. The van der Waals surface area contributed by atoms with Crippen molar-refractivity contribution in [3.05, 3.63) is 101 Å². The number of alkyl carbamates (subject to hydrolysis) is 1. The van der Waals surface area contributed by atoms with Gasteiger partial charge in [-0.3, -0.25) is 9.80 Å². The molecule has 3 atom stereocenters. The van der Waals surface area contributed by atoms with Gasteiger partial charge in [0.15, 0.2) is 5.37 Å². The number of fused-ring (bicyclic) bond motifs is 3. The third-order valence-corrected chi connectivity index (χ3v) is 9.63. The number of thioether (sulfide) groups is 1. The molecule has 43 heavy (non-hydrogen) atoms. The van der Waals surface area contributed by atoms with Gasteiger partial charge in [0.25, 0.3) is 0 Å². The van der Waals surface area contributed by atoms with Crippen LogP contribution in [-0.2, 0) is 16.1 Å². The standard InChI is InChI=1S/C33H35N3O6S/c37-31(38)30-36(16-17-43-30)20-22-6-4-10-26(18-22)32(39)41-27-11-5-9-25(19-27)29(24-7-2-1-3-8-24)34-33(40)42-28-21-35-14-12-23(28)13-15-35/h1-11,18-19,23,28-30H,12-17,20-21H2,(H,34,40)(H,37,38)/t28-,29?,30-/m0/s1. The molecular formula is C33H35N3O6S. The Labute approximate surface area is 255 Å². The molecule has 224 valence electrons. The second kappa shape index (κ2) is 13.2. The average molecular weight is 602 g/mol. The number of carbonyl (C=O) groups excluding carboxylic acids is 2. The molecule has 1 unspecified atom stereocenters. The van der Waals surface area contributed by atoms with Crippen LogP contribution in [0.25, 0.3) is 0 Å². The topological polar surface area (TPSA) is 108 Å². The van der Waals surface area contributed by atoms with Crippen LogP contribution in [0.1, 0.15) is 45.9 Å². The molecule has 4 heterocycles. The quantitative estimate of drug-likeness (QED) is 0.265. The number of amides is 1. The van der Waals surface area contributed by atoms with Crippen molar-refractivity contribution in [2.45, 2.75) is 36.9 Å². The van der Waals surface area contributed by atoms with Crippen molar-refractivity contribution in [2.24, 2.45) is 5.92 Å². The number of carbonyl (C=O) groups is 3. The summed E-state index contributed by atoms with van der Waals surface area (Å²) in [5, 5.41) is 11.9. The van der Waals surface area contributed by atoms with Gasteiger partial charge in [-0.25, -0.2) is 14.4 Å². The van der Waals surface area contributed by atoms with Gasteiger partial charge in [-0.05, 0) is 72.8 Å². The van der Waals surface area contributed by atoms with Crippen molar-refractivity contribution in [1.82, 2.24) is 15.1 Å². The maximum atomic E-state index is 13.2. The minimum atomic E-state index is -0.853. The lowest BCUT2D eigenvalue weighted by Gasteiger charge is -2.43. The molecule has 0 radical (unpaired) electrons. The molecule has 2 bridgehead atoms. The van der Waals surface area contributed by atoms with Crippen LogP contribution < -0.4 is 10.1 Å². The molecular weight excluding hydrogens is 566 g/mol. The zero-order valence-electron chi connectivity index (χ0n) is 23.8. The smallest absolute Gasteiger partial charge is 0.408 e. The Morgan fingerprint density at radius 3 is 2.44 bits per heavy atom. The highest BCUT2D eigenvalue weighted by Gasteiger charge is 2.37. The zero-order chi connectivity index (χ0) is 29.8. The zero-order valence-corrected chi connectivity index (χ0v) is 24.6. The highest BCUT2D eigenvalue weighted by molar-refractivity contribution is 8.00. The fraction of sp³-hybridized carbons (Fsp3) is 0.364. The number of carboxylic acids is 1. The van der Waals surface area contributed by atoms with Crippen LogP contribution in [0.15, 0.2) is 78.9 Å².